The molecule has 0 bridgehead atoms. The Hall–Kier alpha value is -1.68. The minimum atomic E-state index is 0.690. The molecule has 4 heteroatoms. The van der Waals surface area contributed by atoms with E-state index in [1.165, 1.54) is 0 Å². The number of nitrogens with one attached hydrogen (secondary N) is 1. The summed E-state index contributed by atoms with van der Waals surface area (Å²) in [5, 5.41) is 3.37. The van der Waals surface area contributed by atoms with E-state index in [0.29, 0.717) is 6.54 Å². The van der Waals surface area contributed by atoms with Crippen molar-refractivity contribution in [1.82, 2.24) is 0 Å². The van der Waals surface area contributed by atoms with E-state index in [2.05, 4.69) is 21.2 Å². The summed E-state index contributed by atoms with van der Waals surface area (Å²) < 4.78 is 11.6. The molecule has 0 saturated heterocycles. The highest BCUT2D eigenvalue weighted by Crippen LogP contribution is 2.28. The molecule has 0 fully saturated rings. The topological polar surface area (TPSA) is 30.5 Å². The average molecular weight is 322 g/mol. The third-order valence-electron chi connectivity index (χ3n) is 2.84. The first-order valence-electron chi connectivity index (χ1n) is 5.94. The highest BCUT2D eigenvalue weighted by atomic mass is 79.9. The molecular weight excluding hydrogens is 306 g/mol. The van der Waals surface area contributed by atoms with Crippen molar-refractivity contribution in [3.05, 3.63) is 52.5 Å². The summed E-state index contributed by atoms with van der Waals surface area (Å²) >= 11 is 3.52. The van der Waals surface area contributed by atoms with Crippen LogP contribution in [0.15, 0.2) is 46.9 Å². The van der Waals surface area contributed by atoms with Crippen LogP contribution in [0.4, 0.5) is 5.69 Å². The first kappa shape index (κ1) is 13.7. The summed E-state index contributed by atoms with van der Waals surface area (Å²) in [4.78, 5) is 0. The fraction of sp³-hybridized carbons (Fsp3) is 0.200. The Morgan fingerprint density at radius 3 is 2.58 bits per heavy atom. The number of ether oxygens (including phenoxy) is 2. The maximum atomic E-state index is 5.33. The molecule has 100 valence electrons. The van der Waals surface area contributed by atoms with Crippen LogP contribution in [0.25, 0.3) is 0 Å². The Bertz CT molecular complexity index is 558. The largest absolute Gasteiger partial charge is 0.497 e. The van der Waals surface area contributed by atoms with Gasteiger partial charge < -0.3 is 14.8 Å². The van der Waals surface area contributed by atoms with Gasteiger partial charge in [-0.25, -0.2) is 0 Å². The third kappa shape index (κ3) is 3.41. The van der Waals surface area contributed by atoms with Gasteiger partial charge in [0.25, 0.3) is 0 Å². The van der Waals surface area contributed by atoms with Crippen molar-refractivity contribution in [1.29, 1.82) is 0 Å². The molecule has 0 aromatic heterocycles. The molecule has 1 N–H and O–H groups in total. The van der Waals surface area contributed by atoms with Gasteiger partial charge in [0.05, 0.1) is 19.9 Å². The van der Waals surface area contributed by atoms with E-state index >= 15 is 0 Å². The SMILES string of the molecule is COc1ccc(Br)c(NCc2ccccc2OC)c1. The van der Waals surface area contributed by atoms with E-state index in [4.69, 9.17) is 9.47 Å². The molecule has 0 aliphatic heterocycles. The number of methoxy groups -OCH3 is 2. The van der Waals surface area contributed by atoms with E-state index < -0.39 is 0 Å². The smallest absolute Gasteiger partial charge is 0.123 e. The Kier molecular flexibility index (Phi) is 4.68. The molecule has 0 aliphatic rings. The molecule has 2 rings (SSSR count). The van der Waals surface area contributed by atoms with Gasteiger partial charge >= 0.3 is 0 Å². The Morgan fingerprint density at radius 2 is 1.84 bits per heavy atom. The van der Waals surface area contributed by atoms with Crippen LogP contribution in [-0.4, -0.2) is 14.2 Å². The zero-order chi connectivity index (χ0) is 13.7. The molecule has 0 unspecified atom stereocenters. The van der Waals surface area contributed by atoms with E-state index in [1.807, 2.05) is 42.5 Å². The van der Waals surface area contributed by atoms with E-state index in [-0.39, 0.29) is 0 Å². The average Bonchev–Trinajstić information content (AvgIpc) is 2.46. The van der Waals surface area contributed by atoms with Gasteiger partial charge in [-0.3, -0.25) is 0 Å². The molecule has 2 aromatic rings. The number of rotatable bonds is 5. The van der Waals surface area contributed by atoms with Crippen molar-refractivity contribution in [3.8, 4) is 11.5 Å². The maximum Gasteiger partial charge on any atom is 0.123 e. The van der Waals surface area contributed by atoms with Gasteiger partial charge in [0.2, 0.25) is 0 Å². The lowest BCUT2D eigenvalue weighted by atomic mass is 10.2. The van der Waals surface area contributed by atoms with Gasteiger partial charge in [-0.1, -0.05) is 18.2 Å². The number of para-hydroxylation sites is 1. The summed E-state index contributed by atoms with van der Waals surface area (Å²) in [6, 6.07) is 13.8. The van der Waals surface area contributed by atoms with E-state index in [9.17, 15) is 0 Å². The zero-order valence-corrected chi connectivity index (χ0v) is 12.5. The van der Waals surface area contributed by atoms with Crippen molar-refractivity contribution >= 4 is 21.6 Å². The lowest BCUT2D eigenvalue weighted by molar-refractivity contribution is 0.410. The molecular formula is C15H16BrNO2. The Balaban J connectivity index is 2.14. The number of anilines is 1. The maximum absolute atomic E-state index is 5.33. The number of halogens is 1. The molecule has 3 nitrogen and oxygen atoms in total. The second kappa shape index (κ2) is 6.48. The first-order valence-corrected chi connectivity index (χ1v) is 6.73. The molecule has 0 radical (unpaired) electrons. The van der Waals surface area contributed by atoms with Crippen LogP contribution in [0.1, 0.15) is 5.56 Å². The minimum absolute atomic E-state index is 0.690. The molecule has 0 amide bonds. The van der Waals surface area contributed by atoms with E-state index in [0.717, 1.165) is 27.2 Å². The molecule has 19 heavy (non-hydrogen) atoms. The normalized spacial score (nSPS) is 10.1. The van der Waals surface area contributed by atoms with Crippen molar-refractivity contribution < 1.29 is 9.47 Å². The second-order valence-electron chi connectivity index (χ2n) is 4.01. The third-order valence-corrected chi connectivity index (χ3v) is 3.53. The fourth-order valence-corrected chi connectivity index (χ4v) is 2.19. The van der Waals surface area contributed by atoms with Crippen LogP contribution in [0.3, 0.4) is 0 Å². The van der Waals surface area contributed by atoms with Crippen LogP contribution in [0.5, 0.6) is 11.5 Å². The summed E-state index contributed by atoms with van der Waals surface area (Å²) in [6.07, 6.45) is 0. The lowest BCUT2D eigenvalue weighted by Gasteiger charge is -2.12. The predicted octanol–water partition coefficient (Wildman–Crippen LogP) is 4.08. The van der Waals surface area contributed by atoms with Gasteiger partial charge in [-0.05, 0) is 34.1 Å². The van der Waals surface area contributed by atoms with Crippen molar-refractivity contribution in [2.24, 2.45) is 0 Å². The van der Waals surface area contributed by atoms with Crippen molar-refractivity contribution in [3.63, 3.8) is 0 Å². The molecule has 2 aromatic carbocycles. The van der Waals surface area contributed by atoms with Crippen molar-refractivity contribution in [2.45, 2.75) is 6.54 Å². The van der Waals surface area contributed by atoms with Crippen LogP contribution in [0.2, 0.25) is 0 Å². The minimum Gasteiger partial charge on any atom is -0.497 e. The first-order chi connectivity index (χ1) is 9.24. The molecule has 0 spiro atoms. The predicted molar refractivity (Wildman–Crippen MR) is 81.0 cm³/mol. The summed E-state index contributed by atoms with van der Waals surface area (Å²) in [5.41, 5.74) is 2.10. The van der Waals surface area contributed by atoms with Gasteiger partial charge in [0, 0.05) is 22.6 Å². The molecule has 0 saturated carbocycles. The van der Waals surface area contributed by atoms with Crippen molar-refractivity contribution in [2.75, 3.05) is 19.5 Å². The van der Waals surface area contributed by atoms with Gasteiger partial charge in [0.1, 0.15) is 11.5 Å². The van der Waals surface area contributed by atoms with Crippen LogP contribution in [0, 0.1) is 0 Å². The standard InChI is InChI=1S/C15H16BrNO2/c1-18-12-7-8-13(16)14(9-12)17-10-11-5-3-4-6-15(11)19-2/h3-9,17H,10H2,1-2H3. The number of hydrogen-bond donors (Lipinski definition) is 1. The van der Waals surface area contributed by atoms with Gasteiger partial charge in [-0.15, -0.1) is 0 Å². The second-order valence-corrected chi connectivity index (χ2v) is 4.87. The number of benzene rings is 2. The van der Waals surface area contributed by atoms with Gasteiger partial charge in [-0.2, -0.15) is 0 Å². The van der Waals surface area contributed by atoms with Gasteiger partial charge in [0.15, 0.2) is 0 Å². The van der Waals surface area contributed by atoms with Crippen LogP contribution in [-0.2, 0) is 6.54 Å². The fourth-order valence-electron chi connectivity index (χ4n) is 1.81. The summed E-state index contributed by atoms with van der Waals surface area (Å²) in [7, 11) is 3.34. The monoisotopic (exact) mass is 321 g/mol. The highest BCUT2D eigenvalue weighted by molar-refractivity contribution is 9.10. The molecule has 0 atom stereocenters. The Labute approximate surface area is 121 Å². The molecule has 0 heterocycles. The Morgan fingerprint density at radius 1 is 1.05 bits per heavy atom. The quantitative estimate of drug-likeness (QED) is 0.900. The van der Waals surface area contributed by atoms with E-state index in [1.54, 1.807) is 14.2 Å². The number of hydrogen-bond acceptors (Lipinski definition) is 3. The lowest BCUT2D eigenvalue weighted by Crippen LogP contribution is -2.02. The highest BCUT2D eigenvalue weighted by Gasteiger charge is 2.04. The molecule has 0 aliphatic carbocycles. The zero-order valence-electron chi connectivity index (χ0n) is 10.9. The van der Waals surface area contributed by atoms with Crippen LogP contribution < -0.4 is 14.8 Å². The summed E-state index contributed by atoms with van der Waals surface area (Å²) in [6.45, 7) is 0.690. The summed E-state index contributed by atoms with van der Waals surface area (Å²) in [5.74, 6) is 1.71. The van der Waals surface area contributed by atoms with Crippen LogP contribution >= 0.6 is 15.9 Å².